The molecule has 2 aromatic rings. The van der Waals surface area contributed by atoms with Crippen LogP contribution in [0.1, 0.15) is 36.8 Å². The van der Waals surface area contributed by atoms with Crippen molar-refractivity contribution in [3.63, 3.8) is 0 Å². The molecular weight excluding hydrogens is 288 g/mol. The predicted octanol–water partition coefficient (Wildman–Crippen LogP) is 4.37. The molecule has 2 nitrogen and oxygen atoms in total. The summed E-state index contributed by atoms with van der Waals surface area (Å²) in [4.78, 5) is 0. The molecule has 3 heteroatoms. The predicted molar refractivity (Wildman–Crippen MR) is 76.6 cm³/mol. The lowest BCUT2D eigenvalue weighted by molar-refractivity contribution is 0.633. The SMILES string of the molecule is CCC(C#N)c1cn2c3c(cc(Br)cc13)CCC2. The Balaban J connectivity index is 2.33. The van der Waals surface area contributed by atoms with E-state index in [1.807, 2.05) is 0 Å². The lowest BCUT2D eigenvalue weighted by Crippen LogP contribution is -2.06. The van der Waals surface area contributed by atoms with Crippen molar-refractivity contribution >= 4 is 26.8 Å². The van der Waals surface area contributed by atoms with Crippen molar-refractivity contribution in [1.29, 1.82) is 5.26 Å². The smallest absolute Gasteiger partial charge is 0.0731 e. The van der Waals surface area contributed by atoms with Crippen LogP contribution in [0.2, 0.25) is 0 Å². The van der Waals surface area contributed by atoms with Crippen molar-refractivity contribution in [1.82, 2.24) is 4.57 Å². The fraction of sp³-hybridized carbons (Fsp3) is 0.400. The Morgan fingerprint density at radius 1 is 1.50 bits per heavy atom. The molecule has 0 N–H and O–H groups in total. The minimum absolute atomic E-state index is 0.00833. The van der Waals surface area contributed by atoms with Gasteiger partial charge in [-0.2, -0.15) is 5.26 Å². The molecule has 1 atom stereocenters. The highest BCUT2D eigenvalue weighted by atomic mass is 79.9. The zero-order chi connectivity index (χ0) is 12.7. The fourth-order valence-corrected chi connectivity index (χ4v) is 3.49. The van der Waals surface area contributed by atoms with Crippen LogP contribution in [0.5, 0.6) is 0 Å². The molecule has 0 radical (unpaired) electrons. The Labute approximate surface area is 115 Å². The molecule has 1 aromatic heterocycles. The van der Waals surface area contributed by atoms with Crippen LogP contribution in [0.3, 0.4) is 0 Å². The maximum absolute atomic E-state index is 9.30. The second-order valence-electron chi connectivity index (χ2n) is 4.93. The van der Waals surface area contributed by atoms with Gasteiger partial charge in [-0.25, -0.2) is 0 Å². The Hall–Kier alpha value is -1.27. The number of hydrogen-bond donors (Lipinski definition) is 0. The van der Waals surface area contributed by atoms with Crippen molar-refractivity contribution < 1.29 is 0 Å². The molecule has 0 aliphatic carbocycles. The van der Waals surface area contributed by atoms with Gasteiger partial charge in [-0.15, -0.1) is 0 Å². The minimum atomic E-state index is 0.00833. The van der Waals surface area contributed by atoms with E-state index in [-0.39, 0.29) is 5.92 Å². The molecule has 0 saturated heterocycles. The summed E-state index contributed by atoms with van der Waals surface area (Å²) in [6.07, 6.45) is 5.40. The Bertz CT molecular complexity index is 649. The molecule has 0 spiro atoms. The van der Waals surface area contributed by atoms with Gasteiger partial charge in [0.1, 0.15) is 0 Å². The van der Waals surface area contributed by atoms with Crippen LogP contribution >= 0.6 is 15.9 Å². The first kappa shape index (κ1) is 11.8. The first-order valence-electron chi connectivity index (χ1n) is 6.45. The first-order chi connectivity index (χ1) is 8.74. The van der Waals surface area contributed by atoms with Gasteiger partial charge in [0.25, 0.3) is 0 Å². The van der Waals surface area contributed by atoms with E-state index in [0.29, 0.717) is 0 Å². The highest BCUT2D eigenvalue weighted by Crippen LogP contribution is 2.36. The number of aryl methyl sites for hydroxylation is 2. The van der Waals surface area contributed by atoms with E-state index >= 15 is 0 Å². The van der Waals surface area contributed by atoms with Crippen molar-refractivity contribution in [2.24, 2.45) is 0 Å². The summed E-state index contributed by atoms with van der Waals surface area (Å²) < 4.78 is 3.45. The molecule has 2 heterocycles. The quantitative estimate of drug-likeness (QED) is 0.810. The third kappa shape index (κ3) is 1.67. The van der Waals surface area contributed by atoms with Gasteiger partial charge in [-0.05, 0) is 42.5 Å². The summed E-state index contributed by atoms with van der Waals surface area (Å²) in [5.41, 5.74) is 3.94. The molecule has 1 aromatic carbocycles. The summed E-state index contributed by atoms with van der Waals surface area (Å²) in [6.45, 7) is 3.16. The van der Waals surface area contributed by atoms with E-state index in [0.717, 1.165) is 23.9 Å². The third-order valence-corrected chi connectivity index (χ3v) is 4.29. The van der Waals surface area contributed by atoms with Gasteiger partial charge in [0.15, 0.2) is 0 Å². The number of halogens is 1. The molecule has 3 rings (SSSR count). The van der Waals surface area contributed by atoms with Gasteiger partial charge in [-0.1, -0.05) is 22.9 Å². The first-order valence-corrected chi connectivity index (χ1v) is 7.24. The van der Waals surface area contributed by atoms with Crippen molar-refractivity contribution in [3.8, 4) is 6.07 Å². The zero-order valence-electron chi connectivity index (χ0n) is 10.4. The summed E-state index contributed by atoms with van der Waals surface area (Å²) in [7, 11) is 0. The van der Waals surface area contributed by atoms with E-state index in [2.05, 4.69) is 51.8 Å². The lowest BCUT2D eigenvalue weighted by Gasteiger charge is -2.15. The fourth-order valence-electron chi connectivity index (χ4n) is 2.98. The van der Waals surface area contributed by atoms with E-state index in [1.54, 1.807) is 0 Å². The van der Waals surface area contributed by atoms with Crippen molar-refractivity contribution in [2.45, 2.75) is 38.6 Å². The molecule has 0 saturated carbocycles. The number of rotatable bonds is 2. The van der Waals surface area contributed by atoms with Gasteiger partial charge in [0.05, 0.1) is 17.5 Å². The average Bonchev–Trinajstić information content (AvgIpc) is 2.72. The van der Waals surface area contributed by atoms with Crippen molar-refractivity contribution in [3.05, 3.63) is 33.9 Å². The van der Waals surface area contributed by atoms with Crippen LogP contribution in [0.15, 0.2) is 22.8 Å². The third-order valence-electron chi connectivity index (χ3n) is 3.83. The summed E-state index contributed by atoms with van der Waals surface area (Å²) >= 11 is 3.59. The number of benzene rings is 1. The van der Waals surface area contributed by atoms with Crippen LogP contribution in [0.4, 0.5) is 0 Å². The van der Waals surface area contributed by atoms with E-state index in [1.165, 1.54) is 28.5 Å². The van der Waals surface area contributed by atoms with Gasteiger partial charge >= 0.3 is 0 Å². The number of aromatic nitrogens is 1. The highest BCUT2D eigenvalue weighted by Gasteiger charge is 2.20. The average molecular weight is 303 g/mol. The van der Waals surface area contributed by atoms with Crippen LogP contribution in [-0.4, -0.2) is 4.57 Å². The van der Waals surface area contributed by atoms with Crippen LogP contribution in [0, 0.1) is 11.3 Å². The summed E-state index contributed by atoms with van der Waals surface area (Å²) in [5, 5.41) is 10.6. The number of nitriles is 1. The van der Waals surface area contributed by atoms with Gasteiger partial charge in [-0.3, -0.25) is 0 Å². The van der Waals surface area contributed by atoms with Gasteiger partial charge < -0.3 is 4.57 Å². The second kappa shape index (κ2) is 4.44. The Morgan fingerprint density at radius 3 is 3.06 bits per heavy atom. The molecule has 0 bridgehead atoms. The topological polar surface area (TPSA) is 28.7 Å². The van der Waals surface area contributed by atoms with Crippen LogP contribution in [-0.2, 0) is 13.0 Å². The number of nitrogens with zero attached hydrogens (tertiary/aromatic N) is 2. The normalized spacial score (nSPS) is 15.6. The van der Waals surface area contributed by atoms with Crippen LogP contribution < -0.4 is 0 Å². The van der Waals surface area contributed by atoms with E-state index in [4.69, 9.17) is 0 Å². The summed E-state index contributed by atoms with van der Waals surface area (Å²) in [5.74, 6) is 0.00833. The number of hydrogen-bond acceptors (Lipinski definition) is 1. The molecule has 1 aliphatic heterocycles. The lowest BCUT2D eigenvalue weighted by atomic mass is 9.96. The molecule has 92 valence electrons. The molecule has 0 amide bonds. The minimum Gasteiger partial charge on any atom is -0.347 e. The standard InChI is InChI=1S/C15H15BrN2/c1-2-10(8-17)14-9-18-5-3-4-11-6-12(16)7-13(14)15(11)18/h6-7,9-10H,2-5H2,1H3. The maximum atomic E-state index is 9.30. The Morgan fingerprint density at radius 2 is 2.33 bits per heavy atom. The zero-order valence-corrected chi connectivity index (χ0v) is 12.0. The van der Waals surface area contributed by atoms with E-state index < -0.39 is 0 Å². The molecule has 0 fully saturated rings. The monoisotopic (exact) mass is 302 g/mol. The van der Waals surface area contributed by atoms with Crippen LogP contribution in [0.25, 0.3) is 10.9 Å². The molecule has 18 heavy (non-hydrogen) atoms. The highest BCUT2D eigenvalue weighted by molar-refractivity contribution is 9.10. The maximum Gasteiger partial charge on any atom is 0.0731 e. The van der Waals surface area contributed by atoms with E-state index in [9.17, 15) is 5.26 Å². The molecular formula is C15H15BrN2. The van der Waals surface area contributed by atoms with Crippen molar-refractivity contribution in [2.75, 3.05) is 0 Å². The Kier molecular flexibility index (Phi) is 2.91. The second-order valence-corrected chi connectivity index (χ2v) is 5.85. The van der Waals surface area contributed by atoms with Gasteiger partial charge in [0, 0.05) is 22.6 Å². The van der Waals surface area contributed by atoms with Gasteiger partial charge in [0.2, 0.25) is 0 Å². The molecule has 1 aliphatic rings. The largest absolute Gasteiger partial charge is 0.347 e. The summed E-state index contributed by atoms with van der Waals surface area (Å²) in [6, 6.07) is 6.81. The molecule has 1 unspecified atom stereocenters.